The van der Waals surface area contributed by atoms with Gasteiger partial charge >= 0.3 is 0 Å². The zero-order chi connectivity index (χ0) is 13.8. The molecular formula is C15H22N4S. The number of piperidine rings is 1. The minimum Gasteiger partial charge on any atom is -0.354 e. The van der Waals surface area contributed by atoms with Crippen LogP contribution in [0.2, 0.25) is 0 Å². The molecule has 108 valence electrons. The molecule has 0 saturated carbocycles. The lowest BCUT2D eigenvalue weighted by molar-refractivity contribution is 0.398. The number of nitrogens with one attached hydrogen (secondary N) is 1. The highest BCUT2D eigenvalue weighted by atomic mass is 32.1. The summed E-state index contributed by atoms with van der Waals surface area (Å²) < 4.78 is 0. The van der Waals surface area contributed by atoms with Gasteiger partial charge in [-0.25, -0.2) is 9.97 Å². The predicted octanol–water partition coefficient (Wildman–Crippen LogP) is 3.05. The quantitative estimate of drug-likeness (QED) is 0.919. The lowest BCUT2D eigenvalue weighted by Gasteiger charge is -2.31. The van der Waals surface area contributed by atoms with Crippen molar-refractivity contribution in [3.05, 3.63) is 17.8 Å². The third-order valence-corrected chi connectivity index (χ3v) is 4.71. The highest BCUT2D eigenvalue weighted by Gasteiger charge is 2.19. The average molecular weight is 290 g/mol. The number of thiophene rings is 1. The van der Waals surface area contributed by atoms with Gasteiger partial charge in [0, 0.05) is 19.1 Å². The van der Waals surface area contributed by atoms with Crippen LogP contribution in [0, 0.1) is 0 Å². The molecule has 3 heterocycles. The van der Waals surface area contributed by atoms with Crippen molar-refractivity contribution in [2.45, 2.75) is 38.6 Å². The molecule has 0 amide bonds. The Morgan fingerprint density at radius 3 is 3.15 bits per heavy atom. The third-order valence-electron chi connectivity index (χ3n) is 3.89. The summed E-state index contributed by atoms with van der Waals surface area (Å²) in [5.41, 5.74) is 0. The lowest BCUT2D eigenvalue weighted by atomic mass is 10.0. The zero-order valence-corrected chi connectivity index (χ0v) is 12.8. The van der Waals surface area contributed by atoms with E-state index < -0.39 is 0 Å². The van der Waals surface area contributed by atoms with Crippen molar-refractivity contribution in [1.29, 1.82) is 0 Å². The van der Waals surface area contributed by atoms with Crippen molar-refractivity contribution < 1.29 is 0 Å². The maximum absolute atomic E-state index is 4.56. The van der Waals surface area contributed by atoms with Crippen LogP contribution in [0.4, 0.5) is 5.82 Å². The van der Waals surface area contributed by atoms with Gasteiger partial charge in [-0.3, -0.25) is 0 Å². The fraction of sp³-hybridized carbons (Fsp3) is 0.600. The van der Waals surface area contributed by atoms with E-state index in [4.69, 9.17) is 0 Å². The van der Waals surface area contributed by atoms with Crippen molar-refractivity contribution in [3.8, 4) is 0 Å². The van der Waals surface area contributed by atoms with Crippen LogP contribution in [0.15, 0.2) is 17.8 Å². The summed E-state index contributed by atoms with van der Waals surface area (Å²) in [6.45, 7) is 5.49. The molecule has 5 heteroatoms. The number of aromatic nitrogens is 2. The summed E-state index contributed by atoms with van der Waals surface area (Å²) in [7, 11) is 0. The van der Waals surface area contributed by atoms with E-state index in [0.717, 1.165) is 36.7 Å². The summed E-state index contributed by atoms with van der Waals surface area (Å²) in [6, 6.07) is 2.74. The average Bonchev–Trinajstić information content (AvgIpc) is 2.96. The molecule has 0 bridgehead atoms. The van der Waals surface area contributed by atoms with Crippen LogP contribution >= 0.6 is 11.3 Å². The number of nitrogens with zero attached hydrogens (tertiary/aromatic N) is 3. The van der Waals surface area contributed by atoms with Gasteiger partial charge in [-0.2, -0.15) is 0 Å². The Labute approximate surface area is 124 Å². The first-order valence-electron chi connectivity index (χ1n) is 7.55. The Hall–Kier alpha value is -1.20. The standard InChI is InChI=1S/C15H22N4S/c1-2-8-19(10-12-5-3-4-7-16-12)14-13-6-9-20-15(13)18-11-17-14/h6,9,11-12,16H,2-5,7-8,10H2,1H3. The largest absolute Gasteiger partial charge is 0.354 e. The van der Waals surface area contributed by atoms with Gasteiger partial charge in [0.1, 0.15) is 17.0 Å². The Morgan fingerprint density at radius 1 is 1.40 bits per heavy atom. The molecular weight excluding hydrogens is 268 g/mol. The van der Waals surface area contributed by atoms with Crippen molar-refractivity contribution in [2.75, 3.05) is 24.5 Å². The second-order valence-electron chi connectivity index (χ2n) is 5.43. The van der Waals surface area contributed by atoms with Crippen LogP contribution in [0.1, 0.15) is 32.6 Å². The second kappa shape index (κ2) is 6.50. The van der Waals surface area contributed by atoms with E-state index in [0.29, 0.717) is 6.04 Å². The van der Waals surface area contributed by atoms with E-state index >= 15 is 0 Å². The predicted molar refractivity (Wildman–Crippen MR) is 85.6 cm³/mol. The maximum atomic E-state index is 4.56. The van der Waals surface area contributed by atoms with E-state index in [1.54, 1.807) is 17.7 Å². The smallest absolute Gasteiger partial charge is 0.140 e. The molecule has 0 aliphatic carbocycles. The molecule has 3 rings (SSSR count). The molecule has 4 nitrogen and oxygen atoms in total. The van der Waals surface area contributed by atoms with Crippen LogP contribution < -0.4 is 10.2 Å². The highest BCUT2D eigenvalue weighted by molar-refractivity contribution is 7.16. The second-order valence-corrected chi connectivity index (χ2v) is 6.32. The summed E-state index contributed by atoms with van der Waals surface area (Å²) in [4.78, 5) is 12.4. The molecule has 2 aromatic rings. The van der Waals surface area contributed by atoms with Gasteiger partial charge in [0.2, 0.25) is 0 Å². The van der Waals surface area contributed by atoms with Crippen LogP contribution in [0.5, 0.6) is 0 Å². The van der Waals surface area contributed by atoms with Crippen LogP contribution in [0.25, 0.3) is 10.2 Å². The van der Waals surface area contributed by atoms with E-state index in [-0.39, 0.29) is 0 Å². The Balaban J connectivity index is 1.83. The lowest BCUT2D eigenvalue weighted by Crippen LogP contribution is -2.44. The first-order chi connectivity index (χ1) is 9.88. The SMILES string of the molecule is CCCN(CC1CCCCN1)c1ncnc2sccc12. The molecule has 1 saturated heterocycles. The summed E-state index contributed by atoms with van der Waals surface area (Å²) in [5.74, 6) is 1.10. The molecule has 1 unspecified atom stereocenters. The Bertz CT molecular complexity index is 548. The van der Waals surface area contributed by atoms with Crippen molar-refractivity contribution in [3.63, 3.8) is 0 Å². The number of hydrogen-bond donors (Lipinski definition) is 1. The molecule has 1 fully saturated rings. The van der Waals surface area contributed by atoms with Crippen LogP contribution in [-0.2, 0) is 0 Å². The zero-order valence-electron chi connectivity index (χ0n) is 12.0. The monoisotopic (exact) mass is 290 g/mol. The minimum atomic E-state index is 0.596. The summed E-state index contributed by atoms with van der Waals surface area (Å²) in [6.07, 6.45) is 6.77. The van der Waals surface area contributed by atoms with Gasteiger partial charge in [-0.15, -0.1) is 11.3 Å². The summed E-state index contributed by atoms with van der Waals surface area (Å²) in [5, 5.41) is 6.94. The topological polar surface area (TPSA) is 41.0 Å². The number of anilines is 1. The molecule has 1 atom stereocenters. The normalized spacial score (nSPS) is 19.4. The summed E-state index contributed by atoms with van der Waals surface area (Å²) >= 11 is 1.69. The molecule has 0 radical (unpaired) electrons. The fourth-order valence-corrected chi connectivity index (χ4v) is 3.66. The van der Waals surface area contributed by atoms with Gasteiger partial charge < -0.3 is 10.2 Å². The Morgan fingerprint density at radius 2 is 2.35 bits per heavy atom. The number of hydrogen-bond acceptors (Lipinski definition) is 5. The van der Waals surface area contributed by atoms with Crippen molar-refractivity contribution in [1.82, 2.24) is 15.3 Å². The van der Waals surface area contributed by atoms with Crippen molar-refractivity contribution in [2.24, 2.45) is 0 Å². The van der Waals surface area contributed by atoms with Gasteiger partial charge in [-0.05, 0) is 37.3 Å². The van der Waals surface area contributed by atoms with Gasteiger partial charge in [-0.1, -0.05) is 13.3 Å². The maximum Gasteiger partial charge on any atom is 0.140 e. The Kier molecular flexibility index (Phi) is 4.47. The molecule has 1 aliphatic rings. The van der Waals surface area contributed by atoms with E-state index in [2.05, 4.69) is 38.6 Å². The highest BCUT2D eigenvalue weighted by Crippen LogP contribution is 2.27. The number of rotatable bonds is 5. The van der Waals surface area contributed by atoms with Crippen LogP contribution in [-0.4, -0.2) is 35.6 Å². The third kappa shape index (κ3) is 2.94. The van der Waals surface area contributed by atoms with Crippen LogP contribution in [0.3, 0.4) is 0 Å². The molecule has 0 aromatic carbocycles. The van der Waals surface area contributed by atoms with Gasteiger partial charge in [0.15, 0.2) is 0 Å². The number of fused-ring (bicyclic) bond motifs is 1. The van der Waals surface area contributed by atoms with Crippen molar-refractivity contribution >= 4 is 27.4 Å². The first-order valence-corrected chi connectivity index (χ1v) is 8.43. The van der Waals surface area contributed by atoms with E-state index in [1.807, 2.05) is 0 Å². The molecule has 0 spiro atoms. The molecule has 1 N–H and O–H groups in total. The van der Waals surface area contributed by atoms with Gasteiger partial charge in [0.05, 0.1) is 5.39 Å². The molecule has 20 heavy (non-hydrogen) atoms. The first kappa shape index (κ1) is 13.8. The molecule has 1 aliphatic heterocycles. The molecule has 2 aromatic heterocycles. The minimum absolute atomic E-state index is 0.596. The van der Waals surface area contributed by atoms with E-state index in [1.165, 1.54) is 24.6 Å². The van der Waals surface area contributed by atoms with Gasteiger partial charge in [0.25, 0.3) is 0 Å². The fourth-order valence-electron chi connectivity index (χ4n) is 2.93. The van der Waals surface area contributed by atoms with E-state index in [9.17, 15) is 0 Å².